The topological polar surface area (TPSA) is 76.7 Å². The van der Waals surface area contributed by atoms with Gasteiger partial charge in [0.1, 0.15) is 0 Å². The van der Waals surface area contributed by atoms with E-state index in [0.29, 0.717) is 11.9 Å². The minimum Gasteiger partial charge on any atom is -0.366 e. The molecule has 1 rings (SSSR count). The maximum Gasteiger partial charge on any atom is 0.240 e. The molecule has 0 aliphatic heterocycles. The molecule has 0 spiro atoms. The van der Waals surface area contributed by atoms with Crippen LogP contribution < -0.4 is 11.1 Å². The summed E-state index contributed by atoms with van der Waals surface area (Å²) in [5.41, 5.74) is 5.24. The summed E-state index contributed by atoms with van der Waals surface area (Å²) in [5.74, 6) is 0.841. The molecule has 1 aromatic rings. The zero-order valence-electron chi connectivity index (χ0n) is 6.57. The Morgan fingerprint density at radius 3 is 2.64 bits per heavy atom. The van der Waals surface area contributed by atoms with Crippen molar-refractivity contribution in [2.24, 2.45) is 0 Å². The summed E-state index contributed by atoms with van der Waals surface area (Å²) in [6.07, 6.45) is 1.56. The van der Waals surface area contributed by atoms with E-state index < -0.39 is 0 Å². The predicted octanol–water partition coefficient (Wildman–Crippen LogP) is 0.274. The van der Waals surface area contributed by atoms with Crippen LogP contribution in [-0.2, 0) is 0 Å². The Morgan fingerprint density at radius 1 is 1.45 bits per heavy atom. The van der Waals surface area contributed by atoms with E-state index in [4.69, 9.17) is 5.73 Å². The van der Waals surface area contributed by atoms with Crippen molar-refractivity contribution in [2.45, 2.75) is 19.9 Å². The highest BCUT2D eigenvalue weighted by Gasteiger charge is 1.96. The van der Waals surface area contributed by atoms with E-state index in [2.05, 4.69) is 20.5 Å². The van der Waals surface area contributed by atoms with Crippen LogP contribution in [0.1, 0.15) is 13.8 Å². The molecular weight excluding hydrogens is 142 g/mol. The summed E-state index contributed by atoms with van der Waals surface area (Å²) >= 11 is 0. The molecule has 1 aromatic heterocycles. The highest BCUT2D eigenvalue weighted by atomic mass is 15.2. The summed E-state index contributed by atoms with van der Waals surface area (Å²) in [5, 5.41) is 10.4. The Morgan fingerprint density at radius 2 is 2.18 bits per heavy atom. The van der Waals surface area contributed by atoms with Crippen molar-refractivity contribution < 1.29 is 0 Å². The molecule has 0 atom stereocenters. The van der Waals surface area contributed by atoms with Crippen LogP contribution in [0.25, 0.3) is 0 Å². The van der Waals surface area contributed by atoms with Crippen LogP contribution in [0.5, 0.6) is 0 Å². The second kappa shape index (κ2) is 3.14. The molecule has 1 heterocycles. The number of hydrogen-bond acceptors (Lipinski definition) is 5. The number of hydrogen-bond donors (Lipinski definition) is 2. The van der Waals surface area contributed by atoms with Gasteiger partial charge in [0, 0.05) is 6.04 Å². The van der Waals surface area contributed by atoms with E-state index in [1.54, 1.807) is 6.20 Å². The number of anilines is 2. The largest absolute Gasteiger partial charge is 0.366 e. The molecule has 11 heavy (non-hydrogen) atoms. The Balaban J connectivity index is 2.66. The molecule has 5 heteroatoms. The molecule has 0 amide bonds. The monoisotopic (exact) mass is 153 g/mol. The van der Waals surface area contributed by atoms with Gasteiger partial charge in [-0.15, -0.1) is 10.2 Å². The van der Waals surface area contributed by atoms with E-state index in [9.17, 15) is 0 Å². The number of rotatable bonds is 2. The highest BCUT2D eigenvalue weighted by molar-refractivity contribution is 5.32. The van der Waals surface area contributed by atoms with Crippen LogP contribution in [-0.4, -0.2) is 21.2 Å². The third-order valence-corrected chi connectivity index (χ3v) is 1.02. The standard InChI is InChI=1S/C6H11N5/c1-4(2)9-5-3-8-6(7)11-10-5/h3-4H,1-2H3,(H,9,10)(H2,7,8,11). The van der Waals surface area contributed by atoms with E-state index in [0.717, 1.165) is 0 Å². The maximum absolute atomic E-state index is 5.24. The molecule has 0 aliphatic carbocycles. The number of nitrogen functional groups attached to an aromatic ring is 1. The quantitative estimate of drug-likeness (QED) is 0.638. The van der Waals surface area contributed by atoms with Gasteiger partial charge in [0.2, 0.25) is 5.95 Å². The van der Waals surface area contributed by atoms with Crippen LogP contribution in [0, 0.1) is 0 Å². The first-order valence-electron chi connectivity index (χ1n) is 3.40. The van der Waals surface area contributed by atoms with Gasteiger partial charge in [-0.1, -0.05) is 0 Å². The fraction of sp³-hybridized carbons (Fsp3) is 0.500. The minimum absolute atomic E-state index is 0.194. The van der Waals surface area contributed by atoms with Crippen molar-refractivity contribution in [3.8, 4) is 0 Å². The van der Waals surface area contributed by atoms with Crippen LogP contribution in [0.2, 0.25) is 0 Å². The molecule has 0 bridgehead atoms. The van der Waals surface area contributed by atoms with Gasteiger partial charge in [0.05, 0.1) is 6.20 Å². The van der Waals surface area contributed by atoms with Crippen molar-refractivity contribution in [1.29, 1.82) is 0 Å². The summed E-state index contributed by atoms with van der Waals surface area (Å²) < 4.78 is 0. The Bertz CT molecular complexity index is 217. The lowest BCUT2D eigenvalue weighted by molar-refractivity contribution is 0.865. The summed E-state index contributed by atoms with van der Waals surface area (Å²) in [6, 6.07) is 0.328. The third-order valence-electron chi connectivity index (χ3n) is 1.02. The van der Waals surface area contributed by atoms with E-state index in [1.807, 2.05) is 13.8 Å². The second-order valence-corrected chi connectivity index (χ2v) is 2.50. The van der Waals surface area contributed by atoms with Crippen molar-refractivity contribution in [2.75, 3.05) is 11.1 Å². The molecule has 0 saturated heterocycles. The second-order valence-electron chi connectivity index (χ2n) is 2.50. The van der Waals surface area contributed by atoms with Gasteiger partial charge in [-0.2, -0.15) is 0 Å². The SMILES string of the molecule is CC(C)Nc1cnc(N)nn1. The lowest BCUT2D eigenvalue weighted by Gasteiger charge is -2.06. The lowest BCUT2D eigenvalue weighted by atomic mass is 10.4. The highest BCUT2D eigenvalue weighted by Crippen LogP contribution is 1.99. The van der Waals surface area contributed by atoms with Crippen LogP contribution >= 0.6 is 0 Å². The molecule has 0 aliphatic rings. The molecule has 60 valence electrons. The molecule has 5 nitrogen and oxygen atoms in total. The average molecular weight is 153 g/mol. The van der Waals surface area contributed by atoms with E-state index in [1.165, 1.54) is 0 Å². The predicted molar refractivity (Wildman–Crippen MR) is 43.0 cm³/mol. The Labute approximate surface area is 65.0 Å². The number of nitrogens with one attached hydrogen (secondary N) is 1. The van der Waals surface area contributed by atoms with Gasteiger partial charge in [-0.25, -0.2) is 4.98 Å². The molecule has 0 aromatic carbocycles. The first kappa shape index (κ1) is 7.71. The molecule has 0 saturated carbocycles. The number of nitrogens with two attached hydrogens (primary N) is 1. The Kier molecular flexibility index (Phi) is 2.20. The average Bonchev–Trinajstić information content (AvgIpc) is 1.93. The first-order valence-corrected chi connectivity index (χ1v) is 3.40. The number of aromatic nitrogens is 3. The van der Waals surface area contributed by atoms with Crippen LogP contribution in [0.15, 0.2) is 6.20 Å². The molecule has 0 unspecified atom stereocenters. The first-order chi connectivity index (χ1) is 5.18. The minimum atomic E-state index is 0.194. The zero-order valence-corrected chi connectivity index (χ0v) is 6.57. The van der Waals surface area contributed by atoms with Gasteiger partial charge in [-0.05, 0) is 13.8 Å². The van der Waals surface area contributed by atoms with Crippen molar-refractivity contribution >= 4 is 11.8 Å². The maximum atomic E-state index is 5.24. The Hall–Kier alpha value is -1.39. The summed E-state index contributed by atoms with van der Waals surface area (Å²) in [7, 11) is 0. The van der Waals surface area contributed by atoms with Crippen molar-refractivity contribution in [3.05, 3.63) is 6.20 Å². The molecule has 0 radical (unpaired) electrons. The fourth-order valence-electron chi connectivity index (χ4n) is 0.646. The van der Waals surface area contributed by atoms with Crippen LogP contribution in [0.3, 0.4) is 0 Å². The third kappa shape index (κ3) is 2.37. The summed E-state index contributed by atoms with van der Waals surface area (Å²) in [4.78, 5) is 3.77. The normalized spacial score (nSPS) is 10.1. The number of nitrogens with zero attached hydrogens (tertiary/aromatic N) is 3. The molecule has 3 N–H and O–H groups in total. The smallest absolute Gasteiger partial charge is 0.240 e. The van der Waals surface area contributed by atoms with E-state index >= 15 is 0 Å². The van der Waals surface area contributed by atoms with Crippen molar-refractivity contribution in [3.63, 3.8) is 0 Å². The molecular formula is C6H11N5. The van der Waals surface area contributed by atoms with Gasteiger partial charge in [0.15, 0.2) is 5.82 Å². The van der Waals surface area contributed by atoms with E-state index in [-0.39, 0.29) is 5.95 Å². The van der Waals surface area contributed by atoms with Gasteiger partial charge >= 0.3 is 0 Å². The van der Waals surface area contributed by atoms with Gasteiger partial charge in [-0.3, -0.25) is 0 Å². The van der Waals surface area contributed by atoms with Crippen LogP contribution in [0.4, 0.5) is 11.8 Å². The molecule has 0 fully saturated rings. The van der Waals surface area contributed by atoms with Crippen molar-refractivity contribution in [1.82, 2.24) is 15.2 Å². The van der Waals surface area contributed by atoms with Gasteiger partial charge < -0.3 is 11.1 Å². The zero-order chi connectivity index (χ0) is 8.27. The van der Waals surface area contributed by atoms with Gasteiger partial charge in [0.25, 0.3) is 0 Å². The lowest BCUT2D eigenvalue weighted by Crippen LogP contribution is -2.12. The fourth-order valence-corrected chi connectivity index (χ4v) is 0.646. The summed E-state index contributed by atoms with van der Waals surface area (Å²) in [6.45, 7) is 4.02.